The molecule has 1 aromatic rings. The molecule has 1 heterocycles. The molecule has 0 aromatic carbocycles. The molecule has 68 valence electrons. The van der Waals surface area contributed by atoms with Crippen molar-refractivity contribution >= 4 is 0 Å². The molecule has 0 N–H and O–H groups in total. The highest BCUT2D eigenvalue weighted by Crippen LogP contribution is 2.19. The third kappa shape index (κ3) is 2.12. The highest BCUT2D eigenvalue weighted by atomic mass is 19.3. The van der Waals surface area contributed by atoms with Crippen molar-refractivity contribution in [2.45, 2.75) is 13.5 Å². The van der Waals surface area contributed by atoms with Crippen LogP contribution >= 0.6 is 0 Å². The Hall–Kier alpha value is -1.70. The molecular weight excluding hydrogens is 178 g/mol. The van der Waals surface area contributed by atoms with E-state index < -0.39 is 6.61 Å². The van der Waals surface area contributed by atoms with Crippen LogP contribution in [0.5, 0.6) is 5.88 Å². The van der Waals surface area contributed by atoms with Gasteiger partial charge in [-0.3, -0.25) is 0 Å². The summed E-state index contributed by atoms with van der Waals surface area (Å²) in [5.41, 5.74) is 0.607. The van der Waals surface area contributed by atoms with Crippen molar-refractivity contribution in [3.05, 3.63) is 23.4 Å². The molecule has 0 radical (unpaired) electrons. The number of ether oxygens (including phenoxy) is 1. The number of aryl methyl sites for hydroxylation is 1. The Bertz CT molecular complexity index is 346. The van der Waals surface area contributed by atoms with Gasteiger partial charge in [-0.05, 0) is 18.6 Å². The number of nitriles is 1. The first-order chi connectivity index (χ1) is 6.15. The Balaban J connectivity index is 3.07. The van der Waals surface area contributed by atoms with Gasteiger partial charge < -0.3 is 4.74 Å². The molecule has 0 atom stereocenters. The van der Waals surface area contributed by atoms with Gasteiger partial charge in [0, 0.05) is 6.20 Å². The van der Waals surface area contributed by atoms with Gasteiger partial charge in [0.2, 0.25) is 5.88 Å². The zero-order valence-corrected chi connectivity index (χ0v) is 6.79. The number of nitrogens with zero attached hydrogens (tertiary/aromatic N) is 2. The Morgan fingerprint density at radius 3 is 2.85 bits per heavy atom. The molecule has 0 aliphatic rings. The van der Waals surface area contributed by atoms with E-state index in [2.05, 4.69) is 9.72 Å². The molecule has 3 nitrogen and oxygen atoms in total. The monoisotopic (exact) mass is 184 g/mol. The number of halogens is 2. The van der Waals surface area contributed by atoms with E-state index in [0.29, 0.717) is 5.56 Å². The number of rotatable bonds is 2. The minimum atomic E-state index is -2.96. The Kier molecular flexibility index (Phi) is 2.75. The van der Waals surface area contributed by atoms with Crippen molar-refractivity contribution in [3.63, 3.8) is 0 Å². The van der Waals surface area contributed by atoms with Crippen LogP contribution in [0.1, 0.15) is 11.1 Å². The standard InChI is InChI=1S/C8H6F2N2O/c1-5-2-3-12-7(6(5)4-11)13-8(9)10/h2-3,8H,1H3. The van der Waals surface area contributed by atoms with Crippen molar-refractivity contribution in [2.24, 2.45) is 0 Å². The van der Waals surface area contributed by atoms with Crippen LogP contribution in [-0.2, 0) is 0 Å². The van der Waals surface area contributed by atoms with Crippen LogP contribution in [0.3, 0.4) is 0 Å². The highest BCUT2D eigenvalue weighted by Gasteiger charge is 2.12. The number of pyridine rings is 1. The normalized spacial score (nSPS) is 9.77. The van der Waals surface area contributed by atoms with Crippen LogP contribution in [0.25, 0.3) is 0 Å². The molecule has 0 fully saturated rings. The first kappa shape index (κ1) is 9.39. The lowest BCUT2D eigenvalue weighted by molar-refractivity contribution is -0.0530. The minimum Gasteiger partial charge on any atom is -0.415 e. The Morgan fingerprint density at radius 1 is 1.62 bits per heavy atom. The summed E-state index contributed by atoms with van der Waals surface area (Å²) < 4.78 is 27.6. The summed E-state index contributed by atoms with van der Waals surface area (Å²) in [6, 6.07) is 3.30. The number of hydrogen-bond donors (Lipinski definition) is 0. The van der Waals surface area contributed by atoms with Crippen molar-refractivity contribution in [3.8, 4) is 11.9 Å². The summed E-state index contributed by atoms with van der Waals surface area (Å²) in [6.45, 7) is -1.33. The molecule has 1 rings (SSSR count). The molecule has 0 saturated carbocycles. The van der Waals surface area contributed by atoms with Gasteiger partial charge in [-0.1, -0.05) is 0 Å². The lowest BCUT2D eigenvalue weighted by Gasteiger charge is -2.05. The van der Waals surface area contributed by atoms with Crippen LogP contribution in [0.4, 0.5) is 8.78 Å². The van der Waals surface area contributed by atoms with Gasteiger partial charge in [0.15, 0.2) is 0 Å². The third-order valence-electron chi connectivity index (χ3n) is 1.44. The van der Waals surface area contributed by atoms with Crippen molar-refractivity contribution < 1.29 is 13.5 Å². The van der Waals surface area contributed by atoms with Crippen LogP contribution in [0.15, 0.2) is 12.3 Å². The summed E-state index contributed by atoms with van der Waals surface area (Å²) >= 11 is 0. The van der Waals surface area contributed by atoms with Crippen molar-refractivity contribution in [1.29, 1.82) is 5.26 Å². The first-order valence-corrected chi connectivity index (χ1v) is 3.45. The van der Waals surface area contributed by atoms with E-state index in [1.165, 1.54) is 6.20 Å². The molecule has 5 heteroatoms. The van der Waals surface area contributed by atoms with Crippen molar-refractivity contribution in [2.75, 3.05) is 0 Å². The Labute approximate surface area is 73.6 Å². The van der Waals surface area contributed by atoms with Gasteiger partial charge in [0.05, 0.1) is 0 Å². The van der Waals surface area contributed by atoms with Crippen LogP contribution in [-0.4, -0.2) is 11.6 Å². The average Bonchev–Trinajstić information content (AvgIpc) is 2.03. The zero-order chi connectivity index (χ0) is 9.84. The molecule has 1 aromatic heterocycles. The average molecular weight is 184 g/mol. The van der Waals surface area contributed by atoms with E-state index >= 15 is 0 Å². The lowest BCUT2D eigenvalue weighted by atomic mass is 10.2. The quantitative estimate of drug-likeness (QED) is 0.704. The fraction of sp³-hybridized carbons (Fsp3) is 0.250. The summed E-state index contributed by atoms with van der Waals surface area (Å²) in [5.74, 6) is -0.322. The second-order valence-electron chi connectivity index (χ2n) is 2.30. The second-order valence-corrected chi connectivity index (χ2v) is 2.30. The summed E-state index contributed by atoms with van der Waals surface area (Å²) in [5, 5.41) is 8.60. The maximum atomic E-state index is 11.8. The van der Waals surface area contributed by atoms with Crippen molar-refractivity contribution in [1.82, 2.24) is 4.98 Å². The predicted molar refractivity (Wildman–Crippen MR) is 40.3 cm³/mol. The zero-order valence-electron chi connectivity index (χ0n) is 6.79. The molecule has 0 bridgehead atoms. The maximum Gasteiger partial charge on any atom is 0.388 e. The van der Waals surface area contributed by atoms with Gasteiger partial charge in [0.25, 0.3) is 0 Å². The van der Waals surface area contributed by atoms with Crippen LogP contribution < -0.4 is 4.74 Å². The fourth-order valence-corrected chi connectivity index (χ4v) is 0.843. The van der Waals surface area contributed by atoms with Gasteiger partial charge >= 0.3 is 6.61 Å². The molecule has 0 aliphatic carbocycles. The molecular formula is C8H6F2N2O. The van der Waals surface area contributed by atoms with Gasteiger partial charge in [-0.2, -0.15) is 14.0 Å². The Morgan fingerprint density at radius 2 is 2.31 bits per heavy atom. The van der Waals surface area contributed by atoms with E-state index in [0.717, 1.165) is 0 Å². The van der Waals surface area contributed by atoms with E-state index in [-0.39, 0.29) is 11.4 Å². The first-order valence-electron chi connectivity index (χ1n) is 3.45. The molecule has 13 heavy (non-hydrogen) atoms. The van der Waals surface area contributed by atoms with Gasteiger partial charge in [-0.25, -0.2) is 4.98 Å². The molecule has 0 amide bonds. The summed E-state index contributed by atoms with van der Waals surface area (Å²) in [4.78, 5) is 3.53. The molecule has 0 aliphatic heterocycles. The third-order valence-corrected chi connectivity index (χ3v) is 1.44. The fourth-order valence-electron chi connectivity index (χ4n) is 0.843. The summed E-state index contributed by atoms with van der Waals surface area (Å²) in [7, 11) is 0. The number of hydrogen-bond acceptors (Lipinski definition) is 3. The largest absolute Gasteiger partial charge is 0.415 e. The highest BCUT2D eigenvalue weighted by molar-refractivity contribution is 5.43. The maximum absolute atomic E-state index is 11.8. The minimum absolute atomic E-state index is 0.0443. The molecule has 0 unspecified atom stereocenters. The predicted octanol–water partition coefficient (Wildman–Crippen LogP) is 1.86. The smallest absolute Gasteiger partial charge is 0.388 e. The van der Waals surface area contributed by atoms with E-state index in [4.69, 9.17) is 5.26 Å². The van der Waals surface area contributed by atoms with Crippen LogP contribution in [0.2, 0.25) is 0 Å². The summed E-state index contributed by atoms with van der Waals surface area (Å²) in [6.07, 6.45) is 1.31. The van der Waals surface area contributed by atoms with Gasteiger partial charge in [-0.15, -0.1) is 0 Å². The topological polar surface area (TPSA) is 45.9 Å². The molecule has 0 saturated heterocycles. The number of aromatic nitrogens is 1. The van der Waals surface area contributed by atoms with Crippen LogP contribution in [0, 0.1) is 18.3 Å². The van der Waals surface area contributed by atoms with E-state index in [1.54, 1.807) is 19.1 Å². The van der Waals surface area contributed by atoms with E-state index in [1.807, 2.05) is 0 Å². The SMILES string of the molecule is Cc1ccnc(OC(F)F)c1C#N. The van der Waals surface area contributed by atoms with E-state index in [9.17, 15) is 8.78 Å². The molecule has 0 spiro atoms. The van der Waals surface area contributed by atoms with Gasteiger partial charge in [0.1, 0.15) is 11.6 Å². The second kappa shape index (κ2) is 3.81. The number of alkyl halides is 2. The lowest BCUT2D eigenvalue weighted by Crippen LogP contribution is -2.05.